The van der Waals surface area contributed by atoms with E-state index in [0.29, 0.717) is 12.5 Å². The van der Waals surface area contributed by atoms with Crippen LogP contribution in [-0.2, 0) is 17.8 Å². The van der Waals surface area contributed by atoms with Crippen molar-refractivity contribution in [1.29, 1.82) is 0 Å². The fraction of sp³-hybridized carbons (Fsp3) is 0.462. The molecule has 31 heavy (non-hydrogen) atoms. The summed E-state index contributed by atoms with van der Waals surface area (Å²) in [7, 11) is 0. The molecule has 1 amide bonds. The standard InChI is InChI=1S/C26H33N3O2/c1-19-11-14-24(20(2)18-19)31-17-16-29-23-9-6-5-8-22(23)28-25(29)10-4-3-7-15-27-26(30)21-12-13-21/h5-6,8-9,11,14,18,21H,3-4,7,10,12-13,15-17H2,1-2H3,(H,27,30). The van der Waals surface area contributed by atoms with Crippen LogP contribution in [0, 0.1) is 19.8 Å². The molecule has 5 nitrogen and oxygen atoms in total. The minimum Gasteiger partial charge on any atom is -0.491 e. The number of benzene rings is 2. The van der Waals surface area contributed by atoms with Crippen LogP contribution in [0.2, 0.25) is 0 Å². The molecule has 0 bridgehead atoms. The van der Waals surface area contributed by atoms with E-state index in [1.807, 2.05) is 6.07 Å². The predicted molar refractivity (Wildman–Crippen MR) is 124 cm³/mol. The Morgan fingerprint density at radius 1 is 1.13 bits per heavy atom. The number of carbonyl (C=O) groups excluding carboxylic acids is 1. The van der Waals surface area contributed by atoms with Gasteiger partial charge in [0.2, 0.25) is 5.91 Å². The lowest BCUT2D eigenvalue weighted by Gasteiger charge is -2.13. The smallest absolute Gasteiger partial charge is 0.223 e. The van der Waals surface area contributed by atoms with E-state index in [-0.39, 0.29) is 5.91 Å². The first kappa shape index (κ1) is 21.4. The lowest BCUT2D eigenvalue weighted by molar-refractivity contribution is -0.122. The van der Waals surface area contributed by atoms with Gasteiger partial charge in [0.15, 0.2) is 0 Å². The van der Waals surface area contributed by atoms with Gasteiger partial charge in [-0.2, -0.15) is 0 Å². The fourth-order valence-electron chi connectivity index (χ4n) is 4.06. The molecule has 2 aromatic carbocycles. The maximum atomic E-state index is 11.7. The molecule has 0 unspecified atom stereocenters. The summed E-state index contributed by atoms with van der Waals surface area (Å²) < 4.78 is 8.38. The van der Waals surface area contributed by atoms with Crippen molar-refractivity contribution in [2.75, 3.05) is 13.2 Å². The van der Waals surface area contributed by atoms with E-state index in [2.05, 4.69) is 60.1 Å². The maximum Gasteiger partial charge on any atom is 0.223 e. The summed E-state index contributed by atoms with van der Waals surface area (Å²) in [6, 6.07) is 14.6. The lowest BCUT2D eigenvalue weighted by atomic mass is 10.1. The number of imidazole rings is 1. The number of hydrogen-bond donors (Lipinski definition) is 1. The number of aryl methyl sites for hydroxylation is 3. The molecule has 0 atom stereocenters. The van der Waals surface area contributed by atoms with Gasteiger partial charge in [0.05, 0.1) is 17.6 Å². The van der Waals surface area contributed by atoms with Crippen LogP contribution in [0.1, 0.15) is 49.1 Å². The minimum absolute atomic E-state index is 0.241. The topological polar surface area (TPSA) is 56.1 Å². The van der Waals surface area contributed by atoms with Crippen molar-refractivity contribution in [3.05, 3.63) is 59.4 Å². The Morgan fingerprint density at radius 2 is 1.97 bits per heavy atom. The number of fused-ring (bicyclic) bond motifs is 1. The highest BCUT2D eigenvalue weighted by atomic mass is 16.5. The van der Waals surface area contributed by atoms with Gasteiger partial charge in [0.25, 0.3) is 0 Å². The highest BCUT2D eigenvalue weighted by Crippen LogP contribution is 2.28. The van der Waals surface area contributed by atoms with Crippen molar-refractivity contribution in [2.45, 2.75) is 58.9 Å². The fourth-order valence-corrected chi connectivity index (χ4v) is 4.06. The summed E-state index contributed by atoms with van der Waals surface area (Å²) in [4.78, 5) is 16.6. The van der Waals surface area contributed by atoms with Gasteiger partial charge < -0.3 is 14.6 Å². The summed E-state index contributed by atoms with van der Waals surface area (Å²) >= 11 is 0. The van der Waals surface area contributed by atoms with Crippen molar-refractivity contribution >= 4 is 16.9 Å². The Morgan fingerprint density at radius 3 is 2.77 bits per heavy atom. The lowest BCUT2D eigenvalue weighted by Crippen LogP contribution is -2.25. The number of nitrogens with one attached hydrogen (secondary N) is 1. The zero-order valence-electron chi connectivity index (χ0n) is 18.7. The SMILES string of the molecule is Cc1ccc(OCCn2c(CCCCCNC(=O)C3CC3)nc3ccccc32)c(C)c1. The Balaban J connectivity index is 1.31. The maximum absolute atomic E-state index is 11.7. The Bertz CT molecular complexity index is 1040. The quantitative estimate of drug-likeness (QED) is 0.446. The van der Waals surface area contributed by atoms with E-state index in [9.17, 15) is 4.79 Å². The molecular weight excluding hydrogens is 386 g/mol. The van der Waals surface area contributed by atoms with Gasteiger partial charge in [-0.3, -0.25) is 4.79 Å². The Hall–Kier alpha value is -2.82. The molecule has 3 aromatic rings. The molecule has 1 heterocycles. The minimum atomic E-state index is 0.241. The number of hydrogen-bond acceptors (Lipinski definition) is 3. The van der Waals surface area contributed by atoms with Crippen LogP contribution in [0.15, 0.2) is 42.5 Å². The molecular formula is C26H33N3O2. The van der Waals surface area contributed by atoms with E-state index in [1.54, 1.807) is 0 Å². The third-order valence-corrected chi connectivity index (χ3v) is 5.96. The van der Waals surface area contributed by atoms with Gasteiger partial charge in [-0.1, -0.05) is 36.2 Å². The number of carbonyl (C=O) groups is 1. The average molecular weight is 420 g/mol. The zero-order valence-corrected chi connectivity index (χ0v) is 18.7. The molecule has 1 aromatic heterocycles. The van der Waals surface area contributed by atoms with E-state index in [4.69, 9.17) is 9.72 Å². The molecule has 1 aliphatic carbocycles. The number of amides is 1. The number of unbranched alkanes of at least 4 members (excludes halogenated alkanes) is 2. The van der Waals surface area contributed by atoms with Crippen molar-refractivity contribution in [3.63, 3.8) is 0 Å². The molecule has 4 rings (SSSR count). The summed E-state index contributed by atoms with van der Waals surface area (Å²) in [5.74, 6) is 2.61. The zero-order chi connectivity index (χ0) is 21.6. The van der Waals surface area contributed by atoms with E-state index >= 15 is 0 Å². The second-order valence-corrected chi connectivity index (χ2v) is 8.66. The van der Waals surface area contributed by atoms with Crippen LogP contribution in [0.3, 0.4) is 0 Å². The van der Waals surface area contributed by atoms with Crippen LogP contribution in [-0.4, -0.2) is 28.6 Å². The van der Waals surface area contributed by atoms with Crippen molar-refractivity contribution in [3.8, 4) is 5.75 Å². The molecule has 1 fully saturated rings. The molecule has 0 aliphatic heterocycles. The van der Waals surface area contributed by atoms with Gasteiger partial charge in [0.1, 0.15) is 18.2 Å². The number of rotatable bonds is 11. The largest absolute Gasteiger partial charge is 0.491 e. The second-order valence-electron chi connectivity index (χ2n) is 8.66. The summed E-state index contributed by atoms with van der Waals surface area (Å²) in [6.45, 7) is 6.37. The highest BCUT2D eigenvalue weighted by Gasteiger charge is 2.28. The third-order valence-electron chi connectivity index (χ3n) is 5.96. The number of ether oxygens (including phenoxy) is 1. The van der Waals surface area contributed by atoms with Crippen molar-refractivity contribution < 1.29 is 9.53 Å². The van der Waals surface area contributed by atoms with Crippen LogP contribution in [0.25, 0.3) is 11.0 Å². The normalized spacial score (nSPS) is 13.5. The first-order valence-electron chi connectivity index (χ1n) is 11.5. The third kappa shape index (κ3) is 5.66. The van der Waals surface area contributed by atoms with E-state index in [0.717, 1.165) is 68.7 Å². The van der Waals surface area contributed by atoms with Crippen molar-refractivity contribution in [2.24, 2.45) is 5.92 Å². The number of nitrogens with zero attached hydrogens (tertiary/aromatic N) is 2. The highest BCUT2D eigenvalue weighted by molar-refractivity contribution is 5.80. The monoisotopic (exact) mass is 419 g/mol. The summed E-state index contributed by atoms with van der Waals surface area (Å²) in [5.41, 5.74) is 4.63. The van der Waals surface area contributed by atoms with Crippen LogP contribution in [0.4, 0.5) is 0 Å². The van der Waals surface area contributed by atoms with Gasteiger partial charge in [-0.25, -0.2) is 4.98 Å². The van der Waals surface area contributed by atoms with Crippen molar-refractivity contribution in [1.82, 2.24) is 14.9 Å². The van der Waals surface area contributed by atoms with Crippen LogP contribution >= 0.6 is 0 Å². The molecule has 1 saturated carbocycles. The summed E-state index contributed by atoms with van der Waals surface area (Å²) in [6.07, 6.45) is 6.25. The van der Waals surface area contributed by atoms with Crippen LogP contribution in [0.5, 0.6) is 5.75 Å². The Kier molecular flexibility index (Phi) is 6.90. The van der Waals surface area contributed by atoms with Crippen LogP contribution < -0.4 is 10.1 Å². The van der Waals surface area contributed by atoms with Gasteiger partial charge >= 0.3 is 0 Å². The first-order chi connectivity index (χ1) is 15.1. The van der Waals surface area contributed by atoms with Gasteiger partial charge in [0, 0.05) is 18.9 Å². The average Bonchev–Trinajstić information content (AvgIpc) is 3.55. The molecule has 1 aliphatic rings. The van der Waals surface area contributed by atoms with Gasteiger partial charge in [-0.05, 0) is 63.3 Å². The first-order valence-corrected chi connectivity index (χ1v) is 11.5. The molecule has 0 saturated heterocycles. The van der Waals surface area contributed by atoms with E-state index in [1.165, 1.54) is 16.6 Å². The second kappa shape index (κ2) is 9.99. The molecule has 5 heteroatoms. The molecule has 1 N–H and O–H groups in total. The number of para-hydroxylation sites is 2. The predicted octanol–water partition coefficient (Wildman–Crippen LogP) is 4.97. The molecule has 0 radical (unpaired) electrons. The molecule has 164 valence electrons. The number of aromatic nitrogens is 2. The Labute approximate surface area is 184 Å². The van der Waals surface area contributed by atoms with Gasteiger partial charge in [-0.15, -0.1) is 0 Å². The van der Waals surface area contributed by atoms with E-state index < -0.39 is 0 Å². The molecule has 0 spiro atoms. The summed E-state index contributed by atoms with van der Waals surface area (Å²) in [5, 5.41) is 3.05.